The molecule has 86 valence electrons. The Hall–Kier alpha value is -1.89. The lowest BCUT2D eigenvalue weighted by Crippen LogP contribution is -2.13. The van der Waals surface area contributed by atoms with Gasteiger partial charge in [-0.2, -0.15) is 5.10 Å². The zero-order chi connectivity index (χ0) is 11.4. The molecule has 0 fully saturated rings. The van der Waals surface area contributed by atoms with E-state index < -0.39 is 0 Å². The van der Waals surface area contributed by atoms with Gasteiger partial charge in [-0.1, -0.05) is 5.21 Å². The first-order valence-electron chi connectivity index (χ1n) is 5.10. The lowest BCUT2D eigenvalue weighted by Gasteiger charge is -2.05. The Bertz CT molecular complexity index is 444. The number of aromatic nitrogens is 5. The molecule has 3 N–H and O–H groups in total. The number of hydrogen-bond acceptors (Lipinski definition) is 5. The Morgan fingerprint density at radius 3 is 3.00 bits per heavy atom. The highest BCUT2D eigenvalue weighted by Gasteiger charge is 1.99. The molecule has 2 aromatic heterocycles. The number of aryl methyl sites for hydroxylation is 1. The number of nitrogens with one attached hydrogen (secondary N) is 1. The van der Waals surface area contributed by atoms with Crippen molar-refractivity contribution in [2.24, 2.45) is 12.8 Å². The van der Waals surface area contributed by atoms with Gasteiger partial charge in [0.05, 0.1) is 18.4 Å². The Morgan fingerprint density at radius 2 is 2.38 bits per heavy atom. The molecule has 0 saturated heterocycles. The van der Waals surface area contributed by atoms with Crippen LogP contribution in [0.2, 0.25) is 0 Å². The number of anilines is 1. The van der Waals surface area contributed by atoms with Crippen molar-refractivity contribution in [2.45, 2.75) is 13.1 Å². The van der Waals surface area contributed by atoms with E-state index >= 15 is 0 Å². The molecule has 7 heteroatoms. The monoisotopic (exact) mass is 221 g/mol. The Kier molecular flexibility index (Phi) is 3.16. The molecule has 0 bridgehead atoms. The molecule has 7 nitrogen and oxygen atoms in total. The van der Waals surface area contributed by atoms with Crippen molar-refractivity contribution in [3.8, 4) is 0 Å². The highest BCUT2D eigenvalue weighted by atomic mass is 15.4. The van der Waals surface area contributed by atoms with E-state index in [2.05, 4.69) is 20.7 Å². The normalized spacial score (nSPS) is 10.6. The summed E-state index contributed by atoms with van der Waals surface area (Å²) >= 11 is 0. The summed E-state index contributed by atoms with van der Waals surface area (Å²) in [7, 11) is 1.89. The van der Waals surface area contributed by atoms with Gasteiger partial charge in [-0.3, -0.25) is 9.36 Å². The predicted octanol–water partition coefficient (Wildman–Crippen LogP) is -0.418. The lowest BCUT2D eigenvalue weighted by molar-refractivity contribution is 0.606. The molecule has 0 spiro atoms. The quantitative estimate of drug-likeness (QED) is 0.716. The average molecular weight is 221 g/mol. The van der Waals surface area contributed by atoms with Crippen LogP contribution in [-0.4, -0.2) is 31.3 Å². The first-order chi connectivity index (χ1) is 7.79. The van der Waals surface area contributed by atoms with Crippen molar-refractivity contribution >= 4 is 5.82 Å². The first-order valence-corrected chi connectivity index (χ1v) is 5.10. The topological polar surface area (TPSA) is 86.6 Å². The minimum absolute atomic E-state index is 0.426. The maximum Gasteiger partial charge on any atom is 0.123 e. The number of rotatable bonds is 5. The lowest BCUT2D eigenvalue weighted by atomic mass is 10.5. The number of nitrogens with zero attached hydrogens (tertiary/aromatic N) is 5. The van der Waals surface area contributed by atoms with Crippen LogP contribution in [0.4, 0.5) is 5.82 Å². The third-order valence-electron chi connectivity index (χ3n) is 2.26. The fraction of sp³-hybridized carbons (Fsp3) is 0.444. The van der Waals surface area contributed by atoms with Crippen molar-refractivity contribution in [3.63, 3.8) is 0 Å². The van der Waals surface area contributed by atoms with Crippen LogP contribution in [0.3, 0.4) is 0 Å². The van der Waals surface area contributed by atoms with Crippen molar-refractivity contribution in [2.75, 3.05) is 11.9 Å². The summed E-state index contributed by atoms with van der Waals surface area (Å²) in [6.07, 6.45) is 3.61. The molecular weight excluding hydrogens is 206 g/mol. The molecule has 0 radical (unpaired) electrons. The van der Waals surface area contributed by atoms with Crippen molar-refractivity contribution in [1.29, 1.82) is 0 Å². The zero-order valence-corrected chi connectivity index (χ0v) is 9.17. The van der Waals surface area contributed by atoms with Gasteiger partial charge in [-0.15, -0.1) is 5.10 Å². The standard InChI is InChI=1S/C9H15N7/c1-15-9(2-3-12-15)11-4-5-16-7-8(6-10)13-14-16/h2-3,7,11H,4-6,10H2,1H3. The maximum absolute atomic E-state index is 5.45. The summed E-state index contributed by atoms with van der Waals surface area (Å²) in [5.41, 5.74) is 6.25. The van der Waals surface area contributed by atoms with Crippen LogP contribution >= 0.6 is 0 Å². The molecule has 0 atom stereocenters. The van der Waals surface area contributed by atoms with Crippen LogP contribution in [0.15, 0.2) is 18.5 Å². The molecule has 2 aromatic rings. The summed E-state index contributed by atoms with van der Waals surface area (Å²) in [6.45, 7) is 1.94. The highest BCUT2D eigenvalue weighted by Crippen LogP contribution is 2.02. The Labute approximate surface area is 93.2 Å². The SMILES string of the molecule is Cn1nccc1NCCn1cc(CN)nn1. The van der Waals surface area contributed by atoms with Crippen molar-refractivity contribution in [1.82, 2.24) is 24.8 Å². The van der Waals surface area contributed by atoms with Gasteiger partial charge in [0.25, 0.3) is 0 Å². The molecule has 0 aliphatic rings. The van der Waals surface area contributed by atoms with Gasteiger partial charge in [-0.05, 0) is 0 Å². The van der Waals surface area contributed by atoms with E-state index in [4.69, 9.17) is 5.73 Å². The van der Waals surface area contributed by atoms with Crippen LogP contribution in [0.5, 0.6) is 0 Å². The summed E-state index contributed by atoms with van der Waals surface area (Å²) in [6, 6.07) is 1.92. The molecular formula is C9H15N7. The second kappa shape index (κ2) is 4.75. The second-order valence-electron chi connectivity index (χ2n) is 3.44. The summed E-state index contributed by atoms with van der Waals surface area (Å²) < 4.78 is 3.55. The van der Waals surface area contributed by atoms with Crippen LogP contribution in [-0.2, 0) is 20.1 Å². The van der Waals surface area contributed by atoms with Gasteiger partial charge in [0.15, 0.2) is 0 Å². The minimum Gasteiger partial charge on any atom is -0.368 e. The van der Waals surface area contributed by atoms with Gasteiger partial charge in [0.1, 0.15) is 5.82 Å². The molecule has 2 rings (SSSR count). The molecule has 2 heterocycles. The fourth-order valence-corrected chi connectivity index (χ4v) is 1.39. The highest BCUT2D eigenvalue weighted by molar-refractivity contribution is 5.32. The third-order valence-corrected chi connectivity index (χ3v) is 2.26. The second-order valence-corrected chi connectivity index (χ2v) is 3.44. The van der Waals surface area contributed by atoms with Gasteiger partial charge in [-0.25, -0.2) is 0 Å². The van der Waals surface area contributed by atoms with Crippen molar-refractivity contribution in [3.05, 3.63) is 24.2 Å². The van der Waals surface area contributed by atoms with Gasteiger partial charge in [0, 0.05) is 32.4 Å². The van der Waals surface area contributed by atoms with Crippen LogP contribution < -0.4 is 11.1 Å². The van der Waals surface area contributed by atoms with E-state index in [0.717, 1.165) is 24.6 Å². The Balaban J connectivity index is 1.82. The van der Waals surface area contributed by atoms with Gasteiger partial charge in [0.2, 0.25) is 0 Å². The molecule has 0 unspecified atom stereocenters. The summed E-state index contributed by atoms with van der Waals surface area (Å²) in [5, 5.41) is 15.2. The number of nitrogens with two attached hydrogens (primary N) is 1. The zero-order valence-electron chi connectivity index (χ0n) is 9.17. The molecule has 0 saturated carbocycles. The molecule has 0 aromatic carbocycles. The van der Waals surface area contributed by atoms with Gasteiger partial charge >= 0.3 is 0 Å². The molecule has 0 aliphatic heterocycles. The van der Waals surface area contributed by atoms with Crippen molar-refractivity contribution < 1.29 is 0 Å². The van der Waals surface area contributed by atoms with Crippen LogP contribution in [0.1, 0.15) is 5.69 Å². The van der Waals surface area contributed by atoms with E-state index in [1.165, 1.54) is 0 Å². The van der Waals surface area contributed by atoms with Gasteiger partial charge < -0.3 is 11.1 Å². The van der Waals surface area contributed by atoms with Crippen LogP contribution in [0, 0.1) is 0 Å². The Morgan fingerprint density at radius 1 is 1.50 bits per heavy atom. The smallest absolute Gasteiger partial charge is 0.123 e. The number of hydrogen-bond donors (Lipinski definition) is 2. The van der Waals surface area contributed by atoms with E-state index in [1.807, 2.05) is 19.3 Å². The average Bonchev–Trinajstić information content (AvgIpc) is 2.89. The maximum atomic E-state index is 5.45. The predicted molar refractivity (Wildman–Crippen MR) is 59.6 cm³/mol. The van der Waals surface area contributed by atoms with Crippen LogP contribution in [0.25, 0.3) is 0 Å². The fourth-order valence-electron chi connectivity index (χ4n) is 1.39. The molecule has 16 heavy (non-hydrogen) atoms. The van der Waals surface area contributed by atoms with E-state index in [9.17, 15) is 0 Å². The molecule has 0 amide bonds. The summed E-state index contributed by atoms with van der Waals surface area (Å²) in [5.74, 6) is 0.985. The van der Waals surface area contributed by atoms with E-state index in [1.54, 1.807) is 15.6 Å². The van der Waals surface area contributed by atoms with E-state index in [-0.39, 0.29) is 0 Å². The third kappa shape index (κ3) is 2.37. The summed E-state index contributed by atoms with van der Waals surface area (Å²) in [4.78, 5) is 0. The van der Waals surface area contributed by atoms with E-state index in [0.29, 0.717) is 6.54 Å². The minimum atomic E-state index is 0.426. The first kappa shape index (κ1) is 10.6. The molecule has 0 aliphatic carbocycles. The largest absolute Gasteiger partial charge is 0.368 e.